The second kappa shape index (κ2) is 9.75. The van der Waals surface area contributed by atoms with Gasteiger partial charge in [0.05, 0.1) is 36.9 Å². The first-order valence-electron chi connectivity index (χ1n) is 10.3. The Morgan fingerprint density at radius 1 is 1.06 bits per heavy atom. The lowest BCUT2D eigenvalue weighted by Crippen LogP contribution is -2.09. The minimum absolute atomic E-state index is 0.0243. The fraction of sp³-hybridized carbons (Fsp3) is 0.160. The predicted molar refractivity (Wildman–Crippen MR) is 127 cm³/mol. The highest BCUT2D eigenvalue weighted by Gasteiger charge is 2.20. The van der Waals surface area contributed by atoms with Gasteiger partial charge in [0, 0.05) is 5.56 Å². The van der Waals surface area contributed by atoms with Crippen molar-refractivity contribution in [3.05, 3.63) is 83.4 Å². The van der Waals surface area contributed by atoms with Crippen LogP contribution in [0.3, 0.4) is 0 Å². The van der Waals surface area contributed by atoms with Crippen LogP contribution in [0.4, 0.5) is 0 Å². The molecule has 1 aromatic heterocycles. The first kappa shape index (κ1) is 22.4. The van der Waals surface area contributed by atoms with E-state index in [0.717, 1.165) is 16.7 Å². The predicted octanol–water partition coefficient (Wildman–Crippen LogP) is 5.31. The summed E-state index contributed by atoms with van der Waals surface area (Å²) >= 11 is 6.06. The molecule has 0 atom stereocenters. The number of para-hydroxylation sites is 1. The van der Waals surface area contributed by atoms with E-state index in [1.165, 1.54) is 7.11 Å². The van der Waals surface area contributed by atoms with Gasteiger partial charge in [-0.2, -0.15) is 4.98 Å². The molecule has 0 bridgehead atoms. The molecule has 0 aliphatic heterocycles. The highest BCUT2D eigenvalue weighted by atomic mass is 35.5. The fourth-order valence-electron chi connectivity index (χ4n) is 3.77. The Hall–Kier alpha value is -3.84. The number of methoxy groups -OCH3 is 1. The summed E-state index contributed by atoms with van der Waals surface area (Å²) in [6.45, 7) is 2.78. The maximum Gasteiger partial charge on any atom is 0.340 e. The molecule has 0 fully saturated rings. The zero-order chi connectivity index (χ0) is 23.4. The van der Waals surface area contributed by atoms with Crippen LogP contribution >= 0.6 is 11.6 Å². The van der Waals surface area contributed by atoms with Gasteiger partial charge in [0.2, 0.25) is 0 Å². The van der Waals surface area contributed by atoms with Crippen molar-refractivity contribution in [3.63, 3.8) is 0 Å². The van der Waals surface area contributed by atoms with E-state index < -0.39 is 5.97 Å². The number of aromatic nitrogens is 2. The van der Waals surface area contributed by atoms with Crippen LogP contribution in [-0.2, 0) is 11.3 Å². The molecule has 0 radical (unpaired) electrons. The Morgan fingerprint density at radius 2 is 1.79 bits per heavy atom. The van der Waals surface area contributed by atoms with Gasteiger partial charge in [-0.1, -0.05) is 71.4 Å². The molecule has 0 saturated heterocycles. The Bertz CT molecular complexity index is 1330. The summed E-state index contributed by atoms with van der Waals surface area (Å²) in [6.07, 6.45) is 0. The number of halogens is 1. The lowest BCUT2D eigenvalue weighted by atomic mass is 9.99. The third kappa shape index (κ3) is 4.40. The molecule has 1 heterocycles. The lowest BCUT2D eigenvalue weighted by Gasteiger charge is -2.12. The maximum atomic E-state index is 12.4. The number of hydrogen-bond donors (Lipinski definition) is 1. The van der Waals surface area contributed by atoms with Gasteiger partial charge in [-0.25, -0.2) is 4.79 Å². The second-order valence-corrected chi connectivity index (χ2v) is 7.57. The third-order valence-electron chi connectivity index (χ3n) is 5.25. The molecule has 0 saturated carbocycles. The molecular formula is C25H22ClN3O4. The smallest absolute Gasteiger partial charge is 0.340 e. The van der Waals surface area contributed by atoms with Crippen molar-refractivity contribution >= 4 is 33.8 Å². The molecule has 0 amide bonds. The monoisotopic (exact) mass is 463 g/mol. The number of fused-ring (bicyclic) bond motifs is 1. The van der Waals surface area contributed by atoms with Gasteiger partial charge in [-0.15, -0.1) is 0 Å². The van der Waals surface area contributed by atoms with E-state index in [9.17, 15) is 4.79 Å². The van der Waals surface area contributed by atoms with E-state index in [1.807, 2.05) is 60.0 Å². The summed E-state index contributed by atoms with van der Waals surface area (Å²) < 4.78 is 12.6. The van der Waals surface area contributed by atoms with Crippen molar-refractivity contribution in [2.75, 3.05) is 13.7 Å². The van der Waals surface area contributed by atoms with Crippen LogP contribution in [-0.4, -0.2) is 39.6 Å². The summed E-state index contributed by atoms with van der Waals surface area (Å²) in [5.74, 6) is -0.431. The second-order valence-electron chi connectivity index (χ2n) is 7.21. The Labute approximate surface area is 195 Å². The van der Waals surface area contributed by atoms with Crippen LogP contribution in [0.5, 0.6) is 6.01 Å². The van der Waals surface area contributed by atoms with Crippen LogP contribution in [0.15, 0.2) is 71.9 Å². The van der Waals surface area contributed by atoms with Gasteiger partial charge in [0.15, 0.2) is 5.17 Å². The highest BCUT2D eigenvalue weighted by Crippen LogP contribution is 2.29. The normalized spacial score (nSPS) is 11.5. The van der Waals surface area contributed by atoms with Crippen LogP contribution in [0.1, 0.15) is 28.4 Å². The lowest BCUT2D eigenvalue weighted by molar-refractivity contribution is 0.0602. The topological polar surface area (TPSA) is 85.9 Å². The van der Waals surface area contributed by atoms with Crippen molar-refractivity contribution in [2.24, 2.45) is 5.16 Å². The molecule has 7 nitrogen and oxygen atoms in total. The van der Waals surface area contributed by atoms with Gasteiger partial charge in [-0.3, -0.25) is 4.57 Å². The number of benzene rings is 3. The molecule has 1 N–H and O–H groups in total. The van der Waals surface area contributed by atoms with E-state index in [0.29, 0.717) is 41.3 Å². The van der Waals surface area contributed by atoms with Gasteiger partial charge in [0.1, 0.15) is 0 Å². The quantitative estimate of drug-likeness (QED) is 0.174. The molecular weight excluding hydrogens is 442 g/mol. The average molecular weight is 464 g/mol. The molecule has 0 aliphatic carbocycles. The molecule has 168 valence electrons. The first-order chi connectivity index (χ1) is 16.1. The van der Waals surface area contributed by atoms with Gasteiger partial charge < -0.3 is 14.7 Å². The van der Waals surface area contributed by atoms with E-state index >= 15 is 0 Å². The third-order valence-corrected chi connectivity index (χ3v) is 5.53. The van der Waals surface area contributed by atoms with E-state index in [4.69, 9.17) is 26.3 Å². The van der Waals surface area contributed by atoms with E-state index in [1.54, 1.807) is 18.2 Å². The van der Waals surface area contributed by atoms with Crippen molar-refractivity contribution < 1.29 is 19.5 Å². The summed E-state index contributed by atoms with van der Waals surface area (Å²) in [5.41, 5.74) is 5.14. The van der Waals surface area contributed by atoms with E-state index in [2.05, 4.69) is 10.1 Å². The molecule has 3 aromatic carbocycles. The number of carbonyl (C=O) groups is 1. The zero-order valence-electron chi connectivity index (χ0n) is 18.2. The average Bonchev–Trinajstić information content (AvgIpc) is 3.20. The number of ether oxygens (including phenoxy) is 2. The van der Waals surface area contributed by atoms with Crippen LogP contribution in [0.25, 0.3) is 22.2 Å². The summed E-state index contributed by atoms with van der Waals surface area (Å²) in [4.78, 5) is 16.9. The van der Waals surface area contributed by atoms with Crippen molar-refractivity contribution in [3.8, 4) is 17.1 Å². The Morgan fingerprint density at radius 3 is 2.48 bits per heavy atom. The molecule has 0 spiro atoms. The number of oxime groups is 1. The van der Waals surface area contributed by atoms with Crippen molar-refractivity contribution in [1.29, 1.82) is 0 Å². The van der Waals surface area contributed by atoms with Gasteiger partial charge in [-0.05, 0) is 35.7 Å². The number of esters is 1. The molecule has 4 aromatic rings. The van der Waals surface area contributed by atoms with Gasteiger partial charge >= 0.3 is 5.97 Å². The molecule has 4 rings (SSSR count). The molecule has 33 heavy (non-hydrogen) atoms. The van der Waals surface area contributed by atoms with E-state index in [-0.39, 0.29) is 5.17 Å². The minimum Gasteiger partial charge on any atom is -0.465 e. The summed E-state index contributed by atoms with van der Waals surface area (Å²) in [6, 6.07) is 21.1. The van der Waals surface area contributed by atoms with Crippen LogP contribution in [0, 0.1) is 0 Å². The number of rotatable bonds is 7. The van der Waals surface area contributed by atoms with Gasteiger partial charge in [0.25, 0.3) is 6.01 Å². The Balaban J connectivity index is 1.74. The molecule has 0 aliphatic rings. The first-order valence-corrected chi connectivity index (χ1v) is 10.7. The zero-order valence-corrected chi connectivity index (χ0v) is 18.9. The summed E-state index contributed by atoms with van der Waals surface area (Å²) in [5, 5.41) is 12.2. The number of carbonyl (C=O) groups excluding carboxylic acids is 1. The molecule has 0 unspecified atom stereocenters. The number of imidazole rings is 1. The van der Waals surface area contributed by atoms with Crippen LogP contribution < -0.4 is 4.74 Å². The fourth-order valence-corrected chi connectivity index (χ4v) is 3.93. The summed E-state index contributed by atoms with van der Waals surface area (Å²) in [7, 11) is 1.36. The molecule has 8 heteroatoms. The minimum atomic E-state index is -0.431. The largest absolute Gasteiger partial charge is 0.465 e. The van der Waals surface area contributed by atoms with Crippen molar-refractivity contribution in [2.45, 2.75) is 13.5 Å². The van der Waals surface area contributed by atoms with Crippen LogP contribution in [0.2, 0.25) is 0 Å². The Kier molecular flexibility index (Phi) is 6.60. The highest BCUT2D eigenvalue weighted by molar-refractivity contribution is 6.70. The standard InChI is InChI=1S/C25H22ClN3O4/c1-3-33-25-27-21-10-6-9-20(24(30)32-2)22(21)29(25)15-16-11-13-17(14-12-16)18-7-4-5-8-19(18)23(26)28-31/h4-14,31H,3,15H2,1-2H3/b28-23-. The maximum absolute atomic E-state index is 12.4. The van der Waals surface area contributed by atoms with Crippen molar-refractivity contribution in [1.82, 2.24) is 9.55 Å². The number of nitrogens with zero attached hydrogens (tertiary/aromatic N) is 3. The SMILES string of the molecule is CCOc1nc2cccc(C(=O)OC)c2n1Cc1ccc(-c2ccccc2/C(Cl)=N/O)cc1. The number of hydrogen-bond acceptors (Lipinski definition) is 6.